The van der Waals surface area contributed by atoms with Gasteiger partial charge in [-0.15, -0.1) is 0 Å². The number of hydrogen-bond acceptors (Lipinski definition) is 6. The van der Waals surface area contributed by atoms with E-state index in [4.69, 9.17) is 9.47 Å². The van der Waals surface area contributed by atoms with Crippen molar-refractivity contribution in [2.24, 2.45) is 58.2 Å². The molecule has 4 fully saturated rings. The summed E-state index contributed by atoms with van der Waals surface area (Å²) < 4.78 is 11.6. The average molecular weight is 495 g/mol. The number of methoxy groups -OCH3 is 1. The van der Waals surface area contributed by atoms with Crippen LogP contribution in [0.2, 0.25) is 0 Å². The summed E-state index contributed by atoms with van der Waals surface area (Å²) >= 11 is 0. The van der Waals surface area contributed by atoms with E-state index in [2.05, 4.69) is 34.6 Å². The summed E-state index contributed by atoms with van der Waals surface area (Å²) in [4.78, 5) is 13.1. The normalized spacial score (nSPS) is 47.1. The van der Waals surface area contributed by atoms with Crippen LogP contribution in [-0.4, -0.2) is 59.4 Å². The minimum atomic E-state index is -0.734. The monoisotopic (exact) mass is 494 g/mol. The number of hydrogen-bond donors (Lipinski definition) is 3. The summed E-state index contributed by atoms with van der Waals surface area (Å²) in [7, 11) is 1.66. The number of carbonyl (C=O) groups is 1. The molecule has 6 nitrogen and oxygen atoms in total. The van der Waals surface area contributed by atoms with Crippen LogP contribution >= 0.6 is 0 Å². The molecule has 3 saturated carbocycles. The molecule has 0 aromatic heterocycles. The SMILES string of the molecule is CO[C@@H]1C[C@@]2(C)C(C[C@@H]1O)C(=O)OC[C@H]1[C@@H]3CC[C@H]([C@H](C)[C@@H](O)[C@H](O)[C@@H](C)C(C)C)[C@@]3(C)CC[C@@H]12. The maximum absolute atomic E-state index is 13.1. The van der Waals surface area contributed by atoms with Crippen LogP contribution in [0.3, 0.4) is 0 Å². The van der Waals surface area contributed by atoms with E-state index in [1.165, 1.54) is 0 Å². The Bertz CT molecular complexity index is 770. The first-order chi connectivity index (χ1) is 16.4. The smallest absolute Gasteiger partial charge is 0.309 e. The van der Waals surface area contributed by atoms with E-state index in [0.717, 1.165) is 25.7 Å². The number of cyclic esters (lactones) is 1. The predicted octanol–water partition coefficient (Wildman–Crippen LogP) is 4.04. The molecule has 1 unspecified atom stereocenters. The second kappa shape index (κ2) is 9.89. The fourth-order valence-electron chi connectivity index (χ4n) is 9.17. The van der Waals surface area contributed by atoms with Crippen LogP contribution < -0.4 is 0 Å². The Morgan fingerprint density at radius 2 is 1.66 bits per heavy atom. The second-order valence-electron chi connectivity index (χ2n) is 13.5. The number of aliphatic hydroxyl groups excluding tert-OH is 3. The molecule has 3 N–H and O–H groups in total. The van der Waals surface area contributed by atoms with Crippen LogP contribution in [0.25, 0.3) is 0 Å². The Kier molecular flexibility index (Phi) is 7.72. The van der Waals surface area contributed by atoms with Crippen LogP contribution in [-0.2, 0) is 14.3 Å². The van der Waals surface area contributed by atoms with Gasteiger partial charge in [0.2, 0.25) is 0 Å². The summed E-state index contributed by atoms with van der Waals surface area (Å²) in [5.74, 6) is 1.33. The van der Waals surface area contributed by atoms with Crippen LogP contribution in [0.5, 0.6) is 0 Å². The van der Waals surface area contributed by atoms with Crippen molar-refractivity contribution >= 4 is 5.97 Å². The molecule has 1 saturated heterocycles. The lowest BCUT2D eigenvalue weighted by atomic mass is 9.48. The number of rotatable bonds is 6. The molecule has 0 amide bonds. The Labute approximate surface area is 212 Å². The minimum absolute atomic E-state index is 0.0112. The summed E-state index contributed by atoms with van der Waals surface area (Å²) in [6, 6.07) is 0. The van der Waals surface area contributed by atoms with Gasteiger partial charge in [0, 0.05) is 7.11 Å². The highest BCUT2D eigenvalue weighted by atomic mass is 16.5. The van der Waals surface area contributed by atoms with Gasteiger partial charge in [-0.25, -0.2) is 0 Å². The Morgan fingerprint density at radius 3 is 2.29 bits per heavy atom. The van der Waals surface area contributed by atoms with Gasteiger partial charge < -0.3 is 24.8 Å². The van der Waals surface area contributed by atoms with E-state index in [-0.39, 0.29) is 46.6 Å². The third-order valence-electron chi connectivity index (χ3n) is 11.8. The Balaban J connectivity index is 1.58. The van der Waals surface area contributed by atoms with Crippen molar-refractivity contribution in [3.63, 3.8) is 0 Å². The molecule has 3 aliphatic carbocycles. The Morgan fingerprint density at radius 1 is 1.00 bits per heavy atom. The van der Waals surface area contributed by atoms with Gasteiger partial charge in [-0.1, -0.05) is 41.5 Å². The molecule has 1 aliphatic heterocycles. The van der Waals surface area contributed by atoms with E-state index in [1.807, 2.05) is 6.92 Å². The largest absolute Gasteiger partial charge is 0.465 e. The summed E-state index contributed by atoms with van der Waals surface area (Å²) in [6.45, 7) is 13.4. The average Bonchev–Trinajstić information content (AvgIpc) is 3.13. The molecule has 0 bridgehead atoms. The fourth-order valence-corrected chi connectivity index (χ4v) is 9.17. The van der Waals surface area contributed by atoms with Gasteiger partial charge in [0.25, 0.3) is 0 Å². The zero-order chi connectivity index (χ0) is 25.9. The lowest BCUT2D eigenvalue weighted by molar-refractivity contribution is -0.164. The van der Waals surface area contributed by atoms with Crippen molar-refractivity contribution in [3.05, 3.63) is 0 Å². The van der Waals surface area contributed by atoms with Gasteiger partial charge in [0.1, 0.15) is 0 Å². The summed E-state index contributed by atoms with van der Waals surface area (Å²) in [5, 5.41) is 32.7. The van der Waals surface area contributed by atoms with Crippen LogP contribution in [0, 0.1) is 58.2 Å². The van der Waals surface area contributed by atoms with Crippen molar-refractivity contribution in [2.45, 2.75) is 104 Å². The zero-order valence-corrected chi connectivity index (χ0v) is 22.9. The maximum Gasteiger partial charge on any atom is 0.309 e. The highest BCUT2D eigenvalue weighted by Crippen LogP contribution is 2.66. The summed E-state index contributed by atoms with van der Waals surface area (Å²) in [5.41, 5.74) is -0.189. The van der Waals surface area contributed by atoms with E-state index in [0.29, 0.717) is 43.1 Å². The molecule has 0 radical (unpaired) electrons. The lowest BCUT2D eigenvalue weighted by Gasteiger charge is -2.56. The van der Waals surface area contributed by atoms with Crippen molar-refractivity contribution in [3.8, 4) is 0 Å². The first kappa shape index (κ1) is 27.3. The van der Waals surface area contributed by atoms with Crippen LogP contribution in [0.15, 0.2) is 0 Å². The van der Waals surface area contributed by atoms with Gasteiger partial charge in [-0.2, -0.15) is 0 Å². The van der Waals surface area contributed by atoms with Crippen molar-refractivity contribution in [1.29, 1.82) is 0 Å². The summed E-state index contributed by atoms with van der Waals surface area (Å²) in [6.07, 6.45) is 2.97. The molecule has 202 valence electrons. The number of esters is 1. The van der Waals surface area contributed by atoms with Gasteiger partial charge in [0.15, 0.2) is 0 Å². The van der Waals surface area contributed by atoms with E-state index in [1.54, 1.807) is 7.11 Å². The molecular formula is C29H50O6. The van der Waals surface area contributed by atoms with Gasteiger partial charge in [-0.3, -0.25) is 4.79 Å². The quantitative estimate of drug-likeness (QED) is 0.482. The van der Waals surface area contributed by atoms with Gasteiger partial charge in [0.05, 0.1) is 36.9 Å². The predicted molar refractivity (Wildman–Crippen MR) is 134 cm³/mol. The molecule has 0 aromatic rings. The molecule has 6 heteroatoms. The van der Waals surface area contributed by atoms with Crippen molar-refractivity contribution in [1.82, 2.24) is 0 Å². The maximum atomic E-state index is 13.1. The fraction of sp³-hybridized carbons (Fsp3) is 0.966. The molecule has 4 rings (SSSR count). The zero-order valence-electron chi connectivity index (χ0n) is 22.9. The molecule has 13 atom stereocenters. The molecule has 0 spiro atoms. The van der Waals surface area contributed by atoms with Crippen LogP contribution in [0.1, 0.15) is 80.1 Å². The minimum Gasteiger partial charge on any atom is -0.465 e. The molecular weight excluding hydrogens is 444 g/mol. The lowest BCUT2D eigenvalue weighted by Crippen LogP contribution is -2.55. The van der Waals surface area contributed by atoms with E-state index >= 15 is 0 Å². The number of carbonyl (C=O) groups excluding carboxylic acids is 1. The van der Waals surface area contributed by atoms with E-state index < -0.39 is 18.3 Å². The van der Waals surface area contributed by atoms with Crippen molar-refractivity contribution in [2.75, 3.05) is 13.7 Å². The molecule has 1 heterocycles. The van der Waals surface area contributed by atoms with Crippen LogP contribution in [0.4, 0.5) is 0 Å². The van der Waals surface area contributed by atoms with Crippen molar-refractivity contribution < 1.29 is 29.6 Å². The van der Waals surface area contributed by atoms with Gasteiger partial charge in [-0.05, 0) is 90.8 Å². The highest BCUT2D eigenvalue weighted by Gasteiger charge is 2.63. The number of fused-ring (bicyclic) bond motifs is 5. The number of ether oxygens (including phenoxy) is 2. The molecule has 35 heavy (non-hydrogen) atoms. The molecule has 4 aliphatic rings. The number of aliphatic hydroxyl groups is 3. The Hall–Kier alpha value is -0.690. The highest BCUT2D eigenvalue weighted by molar-refractivity contribution is 5.74. The first-order valence-electron chi connectivity index (χ1n) is 14.1. The third kappa shape index (κ3) is 4.38. The first-order valence-corrected chi connectivity index (χ1v) is 14.1. The second-order valence-corrected chi connectivity index (χ2v) is 13.5. The standard InChI is InChI=1S/C29H50O6/c1-15(2)16(3)25(31)26(32)17(4)19-8-9-20-18-14-35-27(33)22-12-23(30)24(34-7)13-29(22,6)21(18)10-11-28(19,20)5/h15-26,30-32H,8-14H2,1-7H3/t16-,17-,18-,19+,20-,21-,22?,23-,24+,25+,26+,28+,29+/m0/s1. The molecule has 0 aromatic carbocycles. The van der Waals surface area contributed by atoms with E-state index in [9.17, 15) is 20.1 Å². The van der Waals surface area contributed by atoms with Gasteiger partial charge >= 0.3 is 5.97 Å². The topological polar surface area (TPSA) is 96.2 Å². The third-order valence-corrected chi connectivity index (χ3v) is 11.8.